The smallest absolute Gasteiger partial charge is 0.409 e. The summed E-state index contributed by atoms with van der Waals surface area (Å²) in [6.45, 7) is 1.74. The van der Waals surface area contributed by atoms with Crippen molar-refractivity contribution in [3.8, 4) is 0 Å². The van der Waals surface area contributed by atoms with Crippen molar-refractivity contribution < 1.29 is 32.2 Å². The van der Waals surface area contributed by atoms with Crippen LogP contribution >= 0.6 is 0 Å². The highest BCUT2D eigenvalue weighted by Gasteiger charge is 2.35. The zero-order chi connectivity index (χ0) is 17.9. The van der Waals surface area contributed by atoms with Crippen molar-refractivity contribution in [3.05, 3.63) is 35.1 Å². The number of piperazine rings is 1. The third-order valence-electron chi connectivity index (χ3n) is 3.62. The Morgan fingerprint density at radius 2 is 1.88 bits per heavy atom. The van der Waals surface area contributed by atoms with E-state index >= 15 is 0 Å². The molecule has 0 bridgehead atoms. The van der Waals surface area contributed by atoms with Gasteiger partial charge < -0.3 is 14.4 Å². The number of rotatable bonds is 3. The van der Waals surface area contributed by atoms with E-state index < -0.39 is 41.6 Å². The lowest BCUT2D eigenvalue weighted by molar-refractivity contribution is -0.147. The Labute approximate surface area is 136 Å². The lowest BCUT2D eigenvalue weighted by Crippen LogP contribution is -2.57. The molecular formula is C15H17F3N2O4. The first kappa shape index (κ1) is 18.1. The third kappa shape index (κ3) is 3.78. The van der Waals surface area contributed by atoms with Crippen LogP contribution < -0.4 is 5.32 Å². The molecule has 0 spiro atoms. The molecule has 132 valence electrons. The quantitative estimate of drug-likeness (QED) is 0.667. The Morgan fingerprint density at radius 3 is 2.42 bits per heavy atom. The number of methoxy groups -OCH3 is 1. The van der Waals surface area contributed by atoms with Crippen LogP contribution in [0.4, 0.5) is 18.0 Å². The fourth-order valence-electron chi connectivity index (χ4n) is 2.51. The molecule has 1 heterocycles. The number of hydrogen-bond donors (Lipinski definition) is 1. The van der Waals surface area contributed by atoms with Gasteiger partial charge in [0.1, 0.15) is 6.04 Å². The van der Waals surface area contributed by atoms with E-state index in [4.69, 9.17) is 4.74 Å². The monoisotopic (exact) mass is 346 g/mol. The van der Waals surface area contributed by atoms with Crippen molar-refractivity contribution >= 4 is 12.1 Å². The molecule has 1 aromatic carbocycles. The average molecular weight is 346 g/mol. The van der Waals surface area contributed by atoms with Gasteiger partial charge in [-0.15, -0.1) is 0 Å². The van der Waals surface area contributed by atoms with Gasteiger partial charge >= 0.3 is 12.1 Å². The minimum Gasteiger partial charge on any atom is -0.465 e. The van der Waals surface area contributed by atoms with Crippen molar-refractivity contribution in [2.75, 3.05) is 26.8 Å². The molecule has 2 atom stereocenters. The molecule has 2 rings (SSSR count). The average Bonchev–Trinajstić information content (AvgIpc) is 2.58. The van der Waals surface area contributed by atoms with Crippen molar-refractivity contribution in [1.82, 2.24) is 10.2 Å². The van der Waals surface area contributed by atoms with Crippen LogP contribution in [0.2, 0.25) is 0 Å². The maximum absolute atomic E-state index is 13.5. The van der Waals surface area contributed by atoms with E-state index in [0.29, 0.717) is 0 Å². The Balaban J connectivity index is 2.30. The first-order chi connectivity index (χ1) is 11.4. The van der Waals surface area contributed by atoms with E-state index in [9.17, 15) is 22.8 Å². The standard InChI is InChI=1S/C15H17F3N2O4/c1-3-24-14(21)12-7-20(15(22)23-2)6-11(19-12)8-4-9(16)13(18)10(17)5-8/h4-5,11-12,19H,3,6-7H2,1-2H3. The number of nitrogens with one attached hydrogen (secondary N) is 1. The van der Waals surface area contributed by atoms with Crippen LogP contribution in [-0.4, -0.2) is 49.8 Å². The normalized spacial score (nSPS) is 20.6. The Bertz CT molecular complexity index is 618. The van der Waals surface area contributed by atoms with Gasteiger partial charge in [0.2, 0.25) is 0 Å². The minimum absolute atomic E-state index is 0.00685. The predicted octanol–water partition coefficient (Wildman–Crippen LogP) is 1.75. The lowest BCUT2D eigenvalue weighted by atomic mass is 10.0. The van der Waals surface area contributed by atoms with E-state index in [1.165, 1.54) is 12.0 Å². The van der Waals surface area contributed by atoms with Crippen LogP contribution in [0.5, 0.6) is 0 Å². The van der Waals surface area contributed by atoms with Crippen LogP contribution in [0.3, 0.4) is 0 Å². The lowest BCUT2D eigenvalue weighted by Gasteiger charge is -2.37. The zero-order valence-corrected chi connectivity index (χ0v) is 13.1. The van der Waals surface area contributed by atoms with Gasteiger partial charge in [0.15, 0.2) is 17.5 Å². The molecule has 9 heteroatoms. The molecule has 1 aliphatic rings. The van der Waals surface area contributed by atoms with Crippen LogP contribution in [0.1, 0.15) is 18.5 Å². The van der Waals surface area contributed by atoms with Gasteiger partial charge in [0, 0.05) is 6.54 Å². The number of hydrogen-bond acceptors (Lipinski definition) is 5. The summed E-state index contributed by atoms with van der Waals surface area (Å²) >= 11 is 0. The summed E-state index contributed by atoms with van der Waals surface area (Å²) in [5, 5.41) is 2.86. The van der Waals surface area contributed by atoms with E-state index in [-0.39, 0.29) is 25.3 Å². The van der Waals surface area contributed by atoms with Crippen molar-refractivity contribution in [2.24, 2.45) is 0 Å². The molecule has 0 aromatic heterocycles. The molecule has 1 N–H and O–H groups in total. The highest BCUT2D eigenvalue weighted by Crippen LogP contribution is 2.24. The number of esters is 1. The number of halogens is 3. The molecule has 1 aromatic rings. The maximum Gasteiger partial charge on any atom is 0.409 e. The van der Waals surface area contributed by atoms with Crippen LogP contribution in [0.15, 0.2) is 12.1 Å². The first-order valence-electron chi connectivity index (χ1n) is 7.27. The molecule has 6 nitrogen and oxygen atoms in total. The third-order valence-corrected chi connectivity index (χ3v) is 3.62. The van der Waals surface area contributed by atoms with E-state index in [1.54, 1.807) is 6.92 Å². The second-order valence-corrected chi connectivity index (χ2v) is 5.20. The second-order valence-electron chi connectivity index (χ2n) is 5.20. The Kier molecular flexibility index (Phi) is 5.66. The highest BCUT2D eigenvalue weighted by atomic mass is 19.2. The van der Waals surface area contributed by atoms with Crippen molar-refractivity contribution in [3.63, 3.8) is 0 Å². The van der Waals surface area contributed by atoms with E-state index in [0.717, 1.165) is 12.1 Å². The molecule has 24 heavy (non-hydrogen) atoms. The van der Waals surface area contributed by atoms with Crippen molar-refractivity contribution in [1.29, 1.82) is 0 Å². The van der Waals surface area contributed by atoms with Crippen LogP contribution in [0.25, 0.3) is 0 Å². The molecule has 0 saturated carbocycles. The number of ether oxygens (including phenoxy) is 2. The summed E-state index contributed by atoms with van der Waals surface area (Å²) in [6, 6.07) is -0.0613. The van der Waals surface area contributed by atoms with Gasteiger partial charge in [-0.3, -0.25) is 10.1 Å². The Hall–Kier alpha value is -2.29. The van der Waals surface area contributed by atoms with Gasteiger partial charge in [-0.2, -0.15) is 0 Å². The number of carbonyl (C=O) groups is 2. The number of benzene rings is 1. The summed E-state index contributed by atoms with van der Waals surface area (Å²) in [4.78, 5) is 24.9. The van der Waals surface area contributed by atoms with E-state index in [1.807, 2.05) is 0 Å². The molecule has 1 fully saturated rings. The largest absolute Gasteiger partial charge is 0.465 e. The SMILES string of the molecule is CCOC(=O)C1CN(C(=O)OC)CC(c2cc(F)c(F)c(F)c2)N1. The number of carbonyl (C=O) groups excluding carboxylic acids is 2. The van der Waals surface area contributed by atoms with E-state index in [2.05, 4.69) is 10.1 Å². The summed E-state index contributed by atoms with van der Waals surface area (Å²) in [5.74, 6) is -4.90. The highest BCUT2D eigenvalue weighted by molar-refractivity contribution is 5.78. The summed E-state index contributed by atoms with van der Waals surface area (Å²) in [7, 11) is 1.18. The summed E-state index contributed by atoms with van der Waals surface area (Å²) < 4.78 is 49.6. The molecule has 1 amide bonds. The minimum atomic E-state index is -1.58. The number of nitrogens with zero attached hydrogens (tertiary/aromatic N) is 1. The molecule has 1 aliphatic heterocycles. The van der Waals surface area contributed by atoms with Crippen LogP contribution in [0, 0.1) is 17.5 Å². The predicted molar refractivity (Wildman–Crippen MR) is 76.6 cm³/mol. The van der Waals surface area contributed by atoms with Gasteiger partial charge in [0.25, 0.3) is 0 Å². The fourth-order valence-corrected chi connectivity index (χ4v) is 2.51. The zero-order valence-electron chi connectivity index (χ0n) is 13.1. The van der Waals surface area contributed by atoms with Gasteiger partial charge in [-0.25, -0.2) is 18.0 Å². The fraction of sp³-hybridized carbons (Fsp3) is 0.467. The first-order valence-corrected chi connectivity index (χ1v) is 7.27. The van der Waals surface area contributed by atoms with Crippen LogP contribution in [-0.2, 0) is 14.3 Å². The van der Waals surface area contributed by atoms with Crippen molar-refractivity contribution in [2.45, 2.75) is 19.0 Å². The second kappa shape index (κ2) is 7.52. The molecule has 0 radical (unpaired) electrons. The van der Waals surface area contributed by atoms with Gasteiger partial charge in [-0.05, 0) is 24.6 Å². The maximum atomic E-state index is 13.5. The topological polar surface area (TPSA) is 67.9 Å². The molecular weight excluding hydrogens is 329 g/mol. The number of amides is 1. The summed E-state index contributed by atoms with van der Waals surface area (Å²) in [6.07, 6.45) is -0.696. The summed E-state index contributed by atoms with van der Waals surface area (Å²) in [5.41, 5.74) is 0.0642. The molecule has 0 aliphatic carbocycles. The Morgan fingerprint density at radius 1 is 1.25 bits per heavy atom. The van der Waals surface area contributed by atoms with Gasteiger partial charge in [-0.1, -0.05) is 0 Å². The molecule has 2 unspecified atom stereocenters. The van der Waals surface area contributed by atoms with Gasteiger partial charge in [0.05, 0.1) is 26.3 Å². The molecule has 1 saturated heterocycles.